The number of aromatic nitrogens is 1. The van der Waals surface area contributed by atoms with Crippen molar-refractivity contribution in [1.82, 2.24) is 13.7 Å². The monoisotopic (exact) mass is 424 g/mol. The van der Waals surface area contributed by atoms with Crippen LogP contribution in [0.2, 0.25) is 0 Å². The van der Waals surface area contributed by atoms with Gasteiger partial charge in [-0.3, -0.25) is 0 Å². The summed E-state index contributed by atoms with van der Waals surface area (Å²) >= 11 is 0. The maximum atomic E-state index is 5.75. The largest absolute Gasteiger partial charge is 0.378 e. The maximum absolute atomic E-state index is 5.75. The predicted octanol–water partition coefficient (Wildman–Crippen LogP) is 3.68. The van der Waals surface area contributed by atoms with Crippen LogP contribution < -0.4 is 5.30 Å². The third kappa shape index (κ3) is 3.30. The Morgan fingerprint density at radius 1 is 0.767 bits per heavy atom. The van der Waals surface area contributed by atoms with E-state index in [9.17, 15) is 0 Å². The Morgan fingerprint density at radius 2 is 1.33 bits per heavy atom. The molecule has 0 N–H and O–H groups in total. The van der Waals surface area contributed by atoms with E-state index in [0.717, 1.165) is 52.6 Å². The van der Waals surface area contributed by atoms with Gasteiger partial charge in [-0.25, -0.2) is 0 Å². The van der Waals surface area contributed by atoms with Gasteiger partial charge in [0.25, 0.3) is 0 Å². The molecule has 2 saturated heterocycles. The third-order valence-corrected chi connectivity index (χ3v) is 10.9. The Balaban J connectivity index is 1.79. The summed E-state index contributed by atoms with van der Waals surface area (Å²) in [6, 6.07) is 17.5. The van der Waals surface area contributed by atoms with E-state index in [1.165, 1.54) is 27.6 Å². The van der Waals surface area contributed by atoms with Gasteiger partial charge in [0.15, 0.2) is 12.9 Å². The zero-order valence-electron chi connectivity index (χ0n) is 18.0. The first-order chi connectivity index (χ1) is 14.7. The number of fused-ring (bicyclic) bond motifs is 1. The number of ether oxygens (including phenoxy) is 2. The number of pyridine rings is 1. The van der Waals surface area contributed by atoms with Gasteiger partial charge in [-0.05, 0) is 24.6 Å². The molecular weight excluding hydrogens is 393 g/mol. The van der Waals surface area contributed by atoms with Crippen molar-refractivity contribution in [2.75, 3.05) is 59.3 Å². The second kappa shape index (κ2) is 8.41. The summed E-state index contributed by atoms with van der Waals surface area (Å²) in [5, 5.41) is 1.51. The van der Waals surface area contributed by atoms with Crippen LogP contribution in [0.4, 0.5) is 0 Å². The summed E-state index contributed by atoms with van der Waals surface area (Å²) in [5.41, 5.74) is 5.36. The van der Waals surface area contributed by atoms with E-state index in [1.54, 1.807) is 0 Å². The molecule has 6 heteroatoms. The number of hydrogen-bond donors (Lipinski definition) is 0. The smallest absolute Gasteiger partial charge is 0.186 e. The van der Waals surface area contributed by atoms with Crippen LogP contribution in [0.25, 0.3) is 16.6 Å². The van der Waals surface area contributed by atoms with Crippen LogP contribution in [0.3, 0.4) is 0 Å². The van der Waals surface area contributed by atoms with Crippen molar-refractivity contribution in [3.8, 4) is 11.1 Å². The Labute approximate surface area is 179 Å². The molecule has 2 aromatic heterocycles. The molecule has 5 rings (SSSR count). The highest BCUT2D eigenvalue weighted by molar-refractivity contribution is 7.78. The lowest BCUT2D eigenvalue weighted by molar-refractivity contribution is 0.0570. The second-order valence-corrected chi connectivity index (χ2v) is 11.6. The number of nitrogens with zero attached hydrogens (tertiary/aromatic N) is 3. The van der Waals surface area contributed by atoms with E-state index < -0.39 is 7.56 Å². The zero-order chi connectivity index (χ0) is 20.6. The molecule has 0 unspecified atom stereocenters. The molecule has 0 bridgehead atoms. The molecule has 0 atom stereocenters. The van der Waals surface area contributed by atoms with E-state index in [1.807, 2.05) is 0 Å². The molecule has 0 saturated carbocycles. The number of rotatable bonds is 4. The highest BCUT2D eigenvalue weighted by atomic mass is 31.2. The van der Waals surface area contributed by atoms with Gasteiger partial charge >= 0.3 is 0 Å². The Bertz CT molecular complexity index is 990. The predicted molar refractivity (Wildman–Crippen MR) is 125 cm³/mol. The number of hydrogen-bond acceptors (Lipinski definition) is 4. The molecule has 3 aromatic rings. The van der Waals surface area contributed by atoms with Crippen LogP contribution in [0, 0.1) is 6.92 Å². The van der Waals surface area contributed by atoms with Crippen molar-refractivity contribution in [3.05, 3.63) is 60.4 Å². The average molecular weight is 425 g/mol. The SMILES string of the molecule is Cc1c(-c2ccccc2)c([P+](C)(N2CCOCC2)N2CCOCC2)c2ccccn12. The van der Waals surface area contributed by atoms with Gasteiger partial charge in [-0.2, -0.15) is 9.34 Å². The fraction of sp³-hybridized carbons (Fsp3) is 0.417. The molecule has 0 radical (unpaired) electrons. The highest BCUT2D eigenvalue weighted by Gasteiger charge is 2.52. The molecule has 5 nitrogen and oxygen atoms in total. The third-order valence-electron chi connectivity index (χ3n) is 6.62. The summed E-state index contributed by atoms with van der Waals surface area (Å²) in [7, 11) is -1.81. The van der Waals surface area contributed by atoms with Crippen LogP contribution in [-0.2, 0) is 9.47 Å². The van der Waals surface area contributed by atoms with Crippen molar-refractivity contribution in [3.63, 3.8) is 0 Å². The number of morpholine rings is 2. The van der Waals surface area contributed by atoms with Crippen LogP contribution in [0.1, 0.15) is 5.69 Å². The minimum Gasteiger partial charge on any atom is -0.378 e. The van der Waals surface area contributed by atoms with Gasteiger partial charge in [0.1, 0.15) is 0 Å². The second-order valence-electron chi connectivity index (χ2n) is 8.18. The summed E-state index contributed by atoms with van der Waals surface area (Å²) in [4.78, 5) is 0. The molecule has 2 aliphatic heterocycles. The molecule has 2 fully saturated rings. The van der Waals surface area contributed by atoms with Crippen molar-refractivity contribution >= 4 is 18.4 Å². The van der Waals surface area contributed by atoms with E-state index in [0.29, 0.717) is 0 Å². The van der Waals surface area contributed by atoms with Gasteiger partial charge in [0, 0.05) is 17.5 Å². The first-order valence-corrected chi connectivity index (χ1v) is 13.0. The van der Waals surface area contributed by atoms with Crippen molar-refractivity contribution in [2.24, 2.45) is 0 Å². The van der Waals surface area contributed by atoms with Crippen molar-refractivity contribution in [1.29, 1.82) is 0 Å². The van der Waals surface area contributed by atoms with Crippen LogP contribution >= 0.6 is 7.56 Å². The summed E-state index contributed by atoms with van der Waals surface area (Å²) in [6.45, 7) is 12.0. The Hall–Kier alpha value is -1.75. The highest BCUT2D eigenvalue weighted by Crippen LogP contribution is 2.63. The van der Waals surface area contributed by atoms with E-state index in [-0.39, 0.29) is 0 Å². The standard InChI is InChI=1S/C24H31N3O2P/c1-20-23(21-8-4-3-5-9-21)24(22-10-6-7-11-27(20)22)30(2,25-12-16-28-17-13-25)26-14-18-29-19-15-26/h3-11H,12-19H2,1-2H3/q+1. The Kier molecular flexibility index (Phi) is 5.65. The zero-order valence-corrected chi connectivity index (χ0v) is 18.9. The van der Waals surface area contributed by atoms with E-state index >= 15 is 0 Å². The fourth-order valence-electron chi connectivity index (χ4n) is 5.08. The molecule has 1 aromatic carbocycles. The summed E-state index contributed by atoms with van der Waals surface area (Å²) in [5.74, 6) is 0. The van der Waals surface area contributed by atoms with Gasteiger partial charge in [0.05, 0.1) is 64.8 Å². The lowest BCUT2D eigenvalue weighted by atomic mass is 10.1. The van der Waals surface area contributed by atoms with Gasteiger partial charge in [-0.15, -0.1) is 0 Å². The van der Waals surface area contributed by atoms with Gasteiger partial charge in [0.2, 0.25) is 0 Å². The summed E-state index contributed by atoms with van der Waals surface area (Å²) < 4.78 is 19.4. The normalized spacial score (nSPS) is 19.4. The average Bonchev–Trinajstić information content (AvgIpc) is 3.13. The Morgan fingerprint density at radius 3 is 1.93 bits per heavy atom. The van der Waals surface area contributed by atoms with Gasteiger partial charge < -0.3 is 13.9 Å². The molecule has 0 spiro atoms. The molecule has 30 heavy (non-hydrogen) atoms. The molecule has 2 aliphatic rings. The number of benzene rings is 1. The lowest BCUT2D eigenvalue weighted by Crippen LogP contribution is -2.49. The van der Waals surface area contributed by atoms with E-state index in [4.69, 9.17) is 9.47 Å². The quantitative estimate of drug-likeness (QED) is 0.598. The van der Waals surface area contributed by atoms with Gasteiger partial charge in [-0.1, -0.05) is 36.4 Å². The van der Waals surface area contributed by atoms with Crippen molar-refractivity contribution < 1.29 is 9.47 Å². The topological polar surface area (TPSA) is 29.4 Å². The first kappa shape index (κ1) is 20.2. The van der Waals surface area contributed by atoms with Crippen molar-refractivity contribution in [2.45, 2.75) is 6.92 Å². The maximum Gasteiger partial charge on any atom is 0.186 e. The minimum atomic E-state index is -1.81. The summed E-state index contributed by atoms with van der Waals surface area (Å²) in [6.07, 6.45) is 2.21. The van der Waals surface area contributed by atoms with Crippen LogP contribution in [0.5, 0.6) is 0 Å². The fourth-order valence-corrected chi connectivity index (χ4v) is 9.21. The minimum absolute atomic E-state index is 0.811. The molecule has 158 valence electrons. The lowest BCUT2D eigenvalue weighted by Gasteiger charge is -2.43. The number of aryl methyl sites for hydroxylation is 1. The first-order valence-electron chi connectivity index (χ1n) is 10.9. The molecule has 0 amide bonds. The van der Waals surface area contributed by atoms with Crippen LogP contribution in [0.15, 0.2) is 54.7 Å². The molecule has 4 heterocycles. The van der Waals surface area contributed by atoms with Crippen LogP contribution in [-0.4, -0.2) is 73.0 Å². The molecule has 0 aliphatic carbocycles. The molecular formula is C24H31N3O2P+. The van der Waals surface area contributed by atoms with E-state index in [2.05, 4.69) is 82.1 Å².